The van der Waals surface area contributed by atoms with Crippen LogP contribution >= 0.6 is 15.9 Å². The zero-order valence-corrected chi connectivity index (χ0v) is 14.4. The van der Waals surface area contributed by atoms with Crippen LogP contribution in [-0.4, -0.2) is 40.1 Å². The number of carbonyl (C=O) groups excluding carboxylic acids is 4. The number of aromatic nitrogens is 1. The molecule has 2 heterocycles. The molecule has 0 radical (unpaired) electrons. The van der Waals surface area contributed by atoms with Crippen LogP contribution in [-0.2, 0) is 4.79 Å². The number of benzene rings is 1. The van der Waals surface area contributed by atoms with Gasteiger partial charge in [-0.3, -0.25) is 34.9 Å². The topological polar surface area (TPSA) is 111 Å². The number of halogens is 1. The van der Waals surface area contributed by atoms with Gasteiger partial charge in [0.15, 0.2) is 0 Å². The van der Waals surface area contributed by atoms with Crippen molar-refractivity contribution in [1.82, 2.24) is 20.7 Å². The zero-order chi connectivity index (χ0) is 18.0. The molecule has 0 unspecified atom stereocenters. The molecule has 1 aliphatic rings. The molecule has 0 atom stereocenters. The average molecular weight is 405 g/mol. The number of nitrogens with zero attached hydrogens (tertiary/aromatic N) is 1. The second-order valence-corrected chi connectivity index (χ2v) is 6.21. The van der Waals surface area contributed by atoms with Crippen molar-refractivity contribution in [2.24, 2.45) is 0 Å². The fourth-order valence-corrected chi connectivity index (χ4v) is 2.75. The van der Waals surface area contributed by atoms with E-state index in [9.17, 15) is 19.2 Å². The molecule has 25 heavy (non-hydrogen) atoms. The van der Waals surface area contributed by atoms with Crippen molar-refractivity contribution in [2.45, 2.75) is 6.42 Å². The van der Waals surface area contributed by atoms with Crippen molar-refractivity contribution >= 4 is 39.6 Å². The first-order chi connectivity index (χ1) is 12.0. The first kappa shape index (κ1) is 16.9. The van der Waals surface area contributed by atoms with Crippen molar-refractivity contribution in [3.8, 4) is 0 Å². The lowest BCUT2D eigenvalue weighted by Crippen LogP contribution is -2.43. The minimum absolute atomic E-state index is 0.0674. The van der Waals surface area contributed by atoms with E-state index < -0.39 is 23.6 Å². The number of hydrazine groups is 1. The van der Waals surface area contributed by atoms with Gasteiger partial charge in [0.1, 0.15) is 5.69 Å². The highest BCUT2D eigenvalue weighted by atomic mass is 79.9. The third-order valence-corrected chi connectivity index (χ3v) is 4.11. The van der Waals surface area contributed by atoms with Crippen LogP contribution in [0.3, 0.4) is 0 Å². The molecule has 2 aromatic rings. The lowest BCUT2D eigenvalue weighted by Gasteiger charge is -2.13. The highest BCUT2D eigenvalue weighted by molar-refractivity contribution is 9.10. The van der Waals surface area contributed by atoms with Gasteiger partial charge in [0.25, 0.3) is 17.7 Å². The maximum absolute atomic E-state index is 12.2. The Hall–Kier alpha value is -2.94. The summed E-state index contributed by atoms with van der Waals surface area (Å²) in [4.78, 5) is 51.7. The SMILES string of the molecule is O=C(CCN1C(=O)c2ccccc2C1=O)NNC(=O)c1cc(Br)c[nH]1. The van der Waals surface area contributed by atoms with Gasteiger partial charge in [0.05, 0.1) is 11.1 Å². The number of amides is 4. The zero-order valence-electron chi connectivity index (χ0n) is 12.8. The van der Waals surface area contributed by atoms with Crippen LogP contribution in [0, 0.1) is 0 Å². The molecule has 0 bridgehead atoms. The van der Waals surface area contributed by atoms with Crippen molar-refractivity contribution in [3.05, 3.63) is 57.8 Å². The number of hydrogen-bond donors (Lipinski definition) is 3. The van der Waals surface area contributed by atoms with Crippen LogP contribution in [0.1, 0.15) is 37.6 Å². The van der Waals surface area contributed by atoms with Crippen LogP contribution < -0.4 is 10.9 Å². The number of carbonyl (C=O) groups is 4. The maximum Gasteiger partial charge on any atom is 0.286 e. The minimum atomic E-state index is -0.518. The van der Waals surface area contributed by atoms with E-state index in [1.165, 1.54) is 0 Å². The smallest absolute Gasteiger partial charge is 0.286 e. The van der Waals surface area contributed by atoms with Crippen LogP contribution in [0.5, 0.6) is 0 Å². The quantitative estimate of drug-likeness (QED) is 0.525. The lowest BCUT2D eigenvalue weighted by molar-refractivity contribution is -0.121. The summed E-state index contributed by atoms with van der Waals surface area (Å²) in [5.41, 5.74) is 5.42. The number of rotatable bonds is 4. The summed E-state index contributed by atoms with van der Waals surface area (Å²) in [5.74, 6) is -1.88. The second-order valence-electron chi connectivity index (χ2n) is 5.29. The maximum atomic E-state index is 12.2. The predicted molar refractivity (Wildman–Crippen MR) is 90.5 cm³/mol. The van der Waals surface area contributed by atoms with Crippen molar-refractivity contribution < 1.29 is 19.2 Å². The Morgan fingerprint density at radius 1 is 1.08 bits per heavy atom. The van der Waals surface area contributed by atoms with E-state index in [0.29, 0.717) is 15.6 Å². The third-order valence-electron chi connectivity index (χ3n) is 3.65. The Morgan fingerprint density at radius 2 is 1.72 bits per heavy atom. The van der Waals surface area contributed by atoms with E-state index >= 15 is 0 Å². The fourth-order valence-electron chi connectivity index (χ4n) is 2.41. The normalized spacial score (nSPS) is 12.9. The molecule has 9 heteroatoms. The molecule has 128 valence electrons. The first-order valence-electron chi connectivity index (χ1n) is 7.35. The van der Waals surface area contributed by atoms with E-state index in [-0.39, 0.29) is 18.7 Å². The molecular weight excluding hydrogens is 392 g/mol. The molecule has 0 aliphatic carbocycles. The molecule has 0 saturated carbocycles. The summed E-state index contributed by atoms with van der Waals surface area (Å²) in [6.45, 7) is -0.0674. The number of H-pyrrole nitrogens is 1. The Labute approximate surface area is 150 Å². The van der Waals surface area contributed by atoms with Crippen molar-refractivity contribution in [2.75, 3.05) is 6.54 Å². The molecule has 0 fully saturated rings. The number of imide groups is 1. The summed E-state index contributed by atoms with van der Waals surface area (Å²) in [5, 5.41) is 0. The lowest BCUT2D eigenvalue weighted by atomic mass is 10.1. The summed E-state index contributed by atoms with van der Waals surface area (Å²) in [6.07, 6.45) is 1.46. The van der Waals surface area contributed by atoms with Crippen molar-refractivity contribution in [3.63, 3.8) is 0 Å². The Bertz CT molecular complexity index is 842. The van der Waals surface area contributed by atoms with Gasteiger partial charge in [-0.2, -0.15) is 0 Å². The van der Waals surface area contributed by atoms with Gasteiger partial charge in [-0.25, -0.2) is 0 Å². The molecule has 1 aromatic carbocycles. The number of hydrogen-bond acceptors (Lipinski definition) is 4. The highest BCUT2D eigenvalue weighted by Crippen LogP contribution is 2.22. The molecule has 3 N–H and O–H groups in total. The third kappa shape index (κ3) is 3.45. The molecular formula is C16H13BrN4O4. The Kier molecular flexibility index (Phi) is 4.66. The monoisotopic (exact) mass is 404 g/mol. The summed E-state index contributed by atoms with van der Waals surface area (Å²) < 4.78 is 0.703. The first-order valence-corrected chi connectivity index (χ1v) is 8.15. The van der Waals surface area contributed by atoms with Gasteiger partial charge in [-0.05, 0) is 34.1 Å². The summed E-state index contributed by atoms with van der Waals surface area (Å²) in [6, 6.07) is 8.05. The van der Waals surface area contributed by atoms with E-state index in [4.69, 9.17) is 0 Å². The van der Waals surface area contributed by atoms with E-state index in [1.54, 1.807) is 36.5 Å². The second kappa shape index (κ2) is 6.89. The minimum Gasteiger partial charge on any atom is -0.356 e. The number of aromatic amines is 1. The average Bonchev–Trinajstić information content (AvgIpc) is 3.14. The standard InChI is InChI=1S/C16H13BrN4O4/c17-9-7-12(18-8-9)14(23)20-19-13(22)5-6-21-15(24)10-3-1-2-4-11(10)16(21)25/h1-4,7-8,18H,5-6H2,(H,19,22)(H,20,23). The highest BCUT2D eigenvalue weighted by Gasteiger charge is 2.34. The molecule has 1 aromatic heterocycles. The van der Waals surface area contributed by atoms with Crippen LogP contribution in [0.2, 0.25) is 0 Å². The molecule has 0 saturated heterocycles. The van der Waals surface area contributed by atoms with Gasteiger partial charge >= 0.3 is 0 Å². The van der Waals surface area contributed by atoms with E-state index in [1.807, 2.05) is 0 Å². The Morgan fingerprint density at radius 3 is 2.28 bits per heavy atom. The van der Waals surface area contributed by atoms with Gasteiger partial charge < -0.3 is 4.98 Å². The number of fused-ring (bicyclic) bond motifs is 1. The van der Waals surface area contributed by atoms with Crippen molar-refractivity contribution in [1.29, 1.82) is 0 Å². The molecule has 0 spiro atoms. The molecule has 3 rings (SSSR count). The predicted octanol–water partition coefficient (Wildman–Crippen LogP) is 1.22. The van der Waals surface area contributed by atoms with Crippen LogP contribution in [0.15, 0.2) is 41.0 Å². The largest absolute Gasteiger partial charge is 0.356 e. The summed E-state index contributed by atoms with van der Waals surface area (Å²) >= 11 is 3.20. The van der Waals surface area contributed by atoms with Crippen LogP contribution in [0.25, 0.3) is 0 Å². The summed E-state index contributed by atoms with van der Waals surface area (Å²) in [7, 11) is 0. The van der Waals surface area contributed by atoms with Crippen LogP contribution in [0.4, 0.5) is 0 Å². The van der Waals surface area contributed by atoms with Gasteiger partial charge in [-0.1, -0.05) is 12.1 Å². The molecule has 8 nitrogen and oxygen atoms in total. The van der Waals surface area contributed by atoms with Gasteiger partial charge in [0.2, 0.25) is 5.91 Å². The van der Waals surface area contributed by atoms with E-state index in [2.05, 4.69) is 31.8 Å². The molecule has 4 amide bonds. The van der Waals surface area contributed by atoms with Gasteiger partial charge in [-0.15, -0.1) is 0 Å². The number of nitrogens with one attached hydrogen (secondary N) is 3. The van der Waals surface area contributed by atoms with E-state index in [0.717, 1.165) is 4.90 Å². The Balaban J connectivity index is 1.51. The van der Waals surface area contributed by atoms with Gasteiger partial charge in [0, 0.05) is 23.6 Å². The molecule has 1 aliphatic heterocycles. The fraction of sp³-hybridized carbons (Fsp3) is 0.125.